The van der Waals surface area contributed by atoms with E-state index in [1.165, 1.54) is 11.3 Å². The lowest BCUT2D eigenvalue weighted by Gasteiger charge is -2.06. The Morgan fingerprint density at radius 3 is 2.86 bits per heavy atom. The molecule has 6 heteroatoms. The molecule has 0 fully saturated rings. The third kappa shape index (κ3) is 2.65. The first-order chi connectivity index (χ1) is 10.1. The minimum Gasteiger partial charge on any atom is -0.309 e. The highest BCUT2D eigenvalue weighted by molar-refractivity contribution is 9.10. The number of alkyl halides is 1. The Morgan fingerprint density at radius 2 is 2.14 bits per heavy atom. The van der Waals surface area contributed by atoms with Crippen LogP contribution in [0.25, 0.3) is 21.3 Å². The van der Waals surface area contributed by atoms with Gasteiger partial charge in [-0.05, 0) is 18.1 Å². The number of aromatic amines is 1. The van der Waals surface area contributed by atoms with Gasteiger partial charge >= 0.3 is 0 Å². The largest absolute Gasteiger partial charge is 0.309 e. The fourth-order valence-electron chi connectivity index (χ4n) is 2.19. The van der Waals surface area contributed by atoms with Crippen LogP contribution in [0.1, 0.15) is 24.5 Å². The van der Waals surface area contributed by atoms with E-state index in [0.717, 1.165) is 26.9 Å². The van der Waals surface area contributed by atoms with E-state index in [-0.39, 0.29) is 10.9 Å². The predicted octanol–water partition coefficient (Wildman–Crippen LogP) is 5.10. The number of halogens is 2. The monoisotopic (exact) mass is 382 g/mol. The summed E-state index contributed by atoms with van der Waals surface area (Å²) in [6.07, 6.45) is 0.721. The van der Waals surface area contributed by atoms with Gasteiger partial charge in [0.1, 0.15) is 10.7 Å². The molecular formula is C15H12BrClN2OS. The molecule has 1 N–H and O–H groups in total. The average molecular weight is 384 g/mol. The lowest BCUT2D eigenvalue weighted by Crippen LogP contribution is -2.12. The van der Waals surface area contributed by atoms with Gasteiger partial charge in [-0.15, -0.1) is 22.9 Å². The zero-order chi connectivity index (χ0) is 15.0. The molecule has 0 spiro atoms. The molecule has 0 radical (unpaired) electrons. The van der Waals surface area contributed by atoms with Crippen LogP contribution < -0.4 is 5.56 Å². The summed E-state index contributed by atoms with van der Waals surface area (Å²) in [5.74, 6) is 0.539. The summed E-state index contributed by atoms with van der Waals surface area (Å²) in [5.41, 5.74) is 1.74. The van der Waals surface area contributed by atoms with Crippen LogP contribution >= 0.6 is 38.9 Å². The molecule has 0 aliphatic rings. The van der Waals surface area contributed by atoms with Crippen LogP contribution in [-0.2, 0) is 0 Å². The van der Waals surface area contributed by atoms with Crippen LogP contribution in [-0.4, -0.2) is 9.97 Å². The molecule has 108 valence electrons. The van der Waals surface area contributed by atoms with E-state index in [9.17, 15) is 4.79 Å². The number of aromatic nitrogens is 2. The van der Waals surface area contributed by atoms with Crippen LogP contribution in [0.15, 0.2) is 38.9 Å². The van der Waals surface area contributed by atoms with Crippen molar-refractivity contribution in [1.29, 1.82) is 0 Å². The molecule has 0 bridgehead atoms. The van der Waals surface area contributed by atoms with Gasteiger partial charge in [0, 0.05) is 15.4 Å². The maximum atomic E-state index is 12.4. The summed E-state index contributed by atoms with van der Waals surface area (Å²) in [5, 5.41) is 2.32. The highest BCUT2D eigenvalue weighted by Crippen LogP contribution is 2.35. The zero-order valence-electron chi connectivity index (χ0n) is 11.2. The van der Waals surface area contributed by atoms with E-state index in [4.69, 9.17) is 11.6 Å². The average Bonchev–Trinajstić information content (AvgIpc) is 2.91. The molecule has 21 heavy (non-hydrogen) atoms. The number of rotatable bonds is 3. The molecule has 0 saturated heterocycles. The van der Waals surface area contributed by atoms with Gasteiger partial charge in [0.25, 0.3) is 5.56 Å². The minimum absolute atomic E-state index is 0.138. The second-order valence-corrected chi connectivity index (χ2v) is 6.88. The van der Waals surface area contributed by atoms with E-state index in [2.05, 4.69) is 25.9 Å². The fourth-order valence-corrected chi connectivity index (χ4v) is 3.73. The first-order valence-corrected chi connectivity index (χ1v) is 8.63. The molecule has 3 nitrogen and oxygen atoms in total. The van der Waals surface area contributed by atoms with Gasteiger partial charge < -0.3 is 4.98 Å². The third-order valence-corrected chi connectivity index (χ3v) is 5.36. The number of nitrogens with one attached hydrogen (secondary N) is 1. The number of hydrogen-bond acceptors (Lipinski definition) is 3. The summed E-state index contributed by atoms with van der Waals surface area (Å²) in [4.78, 5) is 20.5. The topological polar surface area (TPSA) is 45.8 Å². The normalized spacial score (nSPS) is 12.7. The predicted molar refractivity (Wildman–Crippen MR) is 92.3 cm³/mol. The van der Waals surface area contributed by atoms with Crippen molar-refractivity contribution in [2.75, 3.05) is 0 Å². The molecule has 1 atom stereocenters. The standard InChI is InChI=1S/C15H12BrClN2OS/c1-2-11(17)13-18-14(20)12-9(7-21-15(12)19-13)8-5-3-4-6-10(8)16/h3-7,11H,2H2,1H3,(H,18,19,20). The highest BCUT2D eigenvalue weighted by Gasteiger charge is 2.16. The van der Waals surface area contributed by atoms with Crippen LogP contribution in [0.2, 0.25) is 0 Å². The quantitative estimate of drug-likeness (QED) is 0.639. The van der Waals surface area contributed by atoms with Gasteiger partial charge in [0.05, 0.1) is 10.8 Å². The molecule has 0 saturated carbocycles. The van der Waals surface area contributed by atoms with Crippen molar-refractivity contribution < 1.29 is 0 Å². The zero-order valence-corrected chi connectivity index (χ0v) is 14.3. The Balaban J connectivity index is 2.25. The minimum atomic E-state index is -0.267. The third-order valence-electron chi connectivity index (χ3n) is 3.28. The maximum absolute atomic E-state index is 12.4. The van der Waals surface area contributed by atoms with Crippen molar-refractivity contribution in [2.24, 2.45) is 0 Å². The molecule has 3 rings (SSSR count). The van der Waals surface area contributed by atoms with Gasteiger partial charge in [-0.25, -0.2) is 4.98 Å². The van der Waals surface area contributed by atoms with Gasteiger partial charge in [-0.2, -0.15) is 0 Å². The molecule has 1 aromatic carbocycles. The first kappa shape index (κ1) is 14.8. The van der Waals surface area contributed by atoms with Crippen molar-refractivity contribution in [3.8, 4) is 11.1 Å². The van der Waals surface area contributed by atoms with Crippen LogP contribution in [0.4, 0.5) is 0 Å². The fraction of sp³-hybridized carbons (Fsp3) is 0.200. The summed E-state index contributed by atoms with van der Waals surface area (Å²) in [6.45, 7) is 1.96. The second-order valence-electron chi connectivity index (χ2n) is 4.64. The second kappa shape index (κ2) is 5.91. The first-order valence-electron chi connectivity index (χ1n) is 6.52. The number of nitrogens with zero attached hydrogens (tertiary/aromatic N) is 1. The van der Waals surface area contributed by atoms with Crippen LogP contribution in [0.5, 0.6) is 0 Å². The van der Waals surface area contributed by atoms with Crippen LogP contribution in [0, 0.1) is 0 Å². The Kier molecular flexibility index (Phi) is 4.15. The summed E-state index contributed by atoms with van der Waals surface area (Å²) in [7, 11) is 0. The Labute approximate surface area is 139 Å². The van der Waals surface area contributed by atoms with Gasteiger partial charge in [-0.1, -0.05) is 41.1 Å². The molecule has 0 aliphatic heterocycles. The molecule has 0 amide bonds. The van der Waals surface area contributed by atoms with E-state index >= 15 is 0 Å². The summed E-state index contributed by atoms with van der Waals surface area (Å²) in [6, 6.07) is 7.84. The highest BCUT2D eigenvalue weighted by atomic mass is 79.9. The number of benzene rings is 1. The molecular weight excluding hydrogens is 372 g/mol. The smallest absolute Gasteiger partial charge is 0.260 e. The SMILES string of the molecule is CCC(Cl)c1nc2scc(-c3ccccc3Br)c2c(=O)[nH]1. The van der Waals surface area contributed by atoms with Gasteiger partial charge in [0.2, 0.25) is 0 Å². The Hall–Kier alpha value is -1.17. The Morgan fingerprint density at radius 1 is 1.38 bits per heavy atom. The number of thiophene rings is 1. The number of H-pyrrole nitrogens is 1. The maximum Gasteiger partial charge on any atom is 0.260 e. The number of hydrogen-bond donors (Lipinski definition) is 1. The summed E-state index contributed by atoms with van der Waals surface area (Å²) < 4.78 is 0.956. The Bertz CT molecular complexity index is 858. The van der Waals surface area contributed by atoms with Crippen molar-refractivity contribution in [1.82, 2.24) is 9.97 Å². The summed E-state index contributed by atoms with van der Waals surface area (Å²) >= 11 is 11.2. The molecule has 3 aromatic rings. The van der Waals surface area contributed by atoms with E-state index in [0.29, 0.717) is 11.2 Å². The van der Waals surface area contributed by atoms with Crippen molar-refractivity contribution in [3.63, 3.8) is 0 Å². The van der Waals surface area contributed by atoms with Gasteiger partial charge in [-0.3, -0.25) is 4.79 Å². The lowest BCUT2D eigenvalue weighted by atomic mass is 10.1. The molecule has 0 aliphatic carbocycles. The molecule has 2 heterocycles. The molecule has 2 aromatic heterocycles. The van der Waals surface area contributed by atoms with Crippen molar-refractivity contribution in [3.05, 3.63) is 50.3 Å². The van der Waals surface area contributed by atoms with Crippen molar-refractivity contribution in [2.45, 2.75) is 18.7 Å². The van der Waals surface area contributed by atoms with E-state index in [1.807, 2.05) is 36.6 Å². The van der Waals surface area contributed by atoms with Crippen LogP contribution in [0.3, 0.4) is 0 Å². The number of fused-ring (bicyclic) bond motifs is 1. The van der Waals surface area contributed by atoms with Crippen molar-refractivity contribution >= 4 is 49.1 Å². The molecule has 1 unspecified atom stereocenters. The van der Waals surface area contributed by atoms with E-state index < -0.39 is 0 Å². The van der Waals surface area contributed by atoms with E-state index in [1.54, 1.807) is 0 Å². The lowest BCUT2D eigenvalue weighted by molar-refractivity contribution is 0.807. The van der Waals surface area contributed by atoms with Gasteiger partial charge in [0.15, 0.2) is 0 Å².